The van der Waals surface area contributed by atoms with Gasteiger partial charge < -0.3 is 16.2 Å². The van der Waals surface area contributed by atoms with E-state index in [2.05, 4.69) is 0 Å². The van der Waals surface area contributed by atoms with Crippen LogP contribution < -0.4 is 16.2 Å². The van der Waals surface area contributed by atoms with E-state index in [1.807, 2.05) is 0 Å². The molecule has 2 aromatic carbocycles. The Morgan fingerprint density at radius 3 is 2.47 bits per heavy atom. The number of hydrogen-bond donors (Lipinski definition) is 2. The molecule has 0 aromatic heterocycles. The fourth-order valence-corrected chi connectivity index (χ4v) is 1.87. The number of rotatable bonds is 3. The summed E-state index contributed by atoms with van der Waals surface area (Å²) < 4.78 is 5.57. The second kappa shape index (κ2) is 5.38. The number of ether oxygens (including phenoxy) is 1. The lowest BCUT2D eigenvalue weighted by Crippen LogP contribution is -2.13. The maximum Gasteiger partial charge on any atom is 0.252 e. The second-order valence-corrected chi connectivity index (χ2v) is 4.53. The van der Waals surface area contributed by atoms with Crippen molar-refractivity contribution in [2.45, 2.75) is 0 Å². The highest BCUT2D eigenvalue weighted by atomic mass is 35.5. The zero-order chi connectivity index (χ0) is 14.0. The van der Waals surface area contributed by atoms with Crippen molar-refractivity contribution in [2.75, 3.05) is 5.73 Å². The lowest BCUT2D eigenvalue weighted by Gasteiger charge is -2.13. The van der Waals surface area contributed by atoms with Gasteiger partial charge in [0.05, 0.1) is 16.3 Å². The van der Waals surface area contributed by atoms with E-state index in [9.17, 15) is 4.79 Å². The number of para-hydroxylation sites is 1. The molecule has 1 amide bonds. The van der Waals surface area contributed by atoms with Gasteiger partial charge in [0, 0.05) is 0 Å². The second-order valence-electron chi connectivity index (χ2n) is 3.74. The molecule has 0 bridgehead atoms. The largest absolute Gasteiger partial charge is 0.453 e. The quantitative estimate of drug-likeness (QED) is 0.851. The van der Waals surface area contributed by atoms with E-state index in [0.717, 1.165) is 0 Å². The Bertz CT molecular complexity index is 645. The van der Waals surface area contributed by atoms with Crippen LogP contribution in [0.15, 0.2) is 36.4 Å². The molecule has 4 N–H and O–H groups in total. The summed E-state index contributed by atoms with van der Waals surface area (Å²) in [5.74, 6) is -0.172. The third kappa shape index (κ3) is 2.75. The monoisotopic (exact) mass is 296 g/mol. The maximum absolute atomic E-state index is 11.3. The first-order valence-electron chi connectivity index (χ1n) is 5.31. The number of primary amides is 1. The average Bonchev–Trinajstić information content (AvgIpc) is 2.36. The van der Waals surface area contributed by atoms with Crippen molar-refractivity contribution in [1.82, 2.24) is 0 Å². The summed E-state index contributed by atoms with van der Waals surface area (Å²) in [7, 11) is 0. The van der Waals surface area contributed by atoms with Crippen molar-refractivity contribution in [3.63, 3.8) is 0 Å². The standard InChI is InChI=1S/C13H10Cl2N2O2/c14-8-4-2-6-10(11(8)15)19-12-7(13(17)18)3-1-5-9(12)16/h1-6H,16H2,(H2,17,18). The third-order valence-corrected chi connectivity index (χ3v) is 3.24. The molecule has 0 atom stereocenters. The molecule has 98 valence electrons. The van der Waals surface area contributed by atoms with Crippen LogP contribution in [0.1, 0.15) is 10.4 Å². The van der Waals surface area contributed by atoms with Gasteiger partial charge in [-0.2, -0.15) is 0 Å². The number of carbonyl (C=O) groups excluding carboxylic acids is 1. The van der Waals surface area contributed by atoms with Crippen LogP contribution in [0, 0.1) is 0 Å². The Kier molecular flexibility index (Phi) is 3.83. The van der Waals surface area contributed by atoms with E-state index in [0.29, 0.717) is 10.8 Å². The van der Waals surface area contributed by atoms with Gasteiger partial charge in [-0.05, 0) is 24.3 Å². The zero-order valence-electron chi connectivity index (χ0n) is 9.69. The lowest BCUT2D eigenvalue weighted by atomic mass is 10.1. The van der Waals surface area contributed by atoms with Crippen LogP contribution in [0.2, 0.25) is 10.0 Å². The van der Waals surface area contributed by atoms with Crippen molar-refractivity contribution in [3.05, 3.63) is 52.0 Å². The van der Waals surface area contributed by atoms with Crippen molar-refractivity contribution in [3.8, 4) is 11.5 Å². The molecule has 19 heavy (non-hydrogen) atoms. The minimum atomic E-state index is -0.638. The molecule has 4 nitrogen and oxygen atoms in total. The van der Waals surface area contributed by atoms with Crippen LogP contribution in [0.5, 0.6) is 11.5 Å². The highest BCUT2D eigenvalue weighted by Gasteiger charge is 2.15. The van der Waals surface area contributed by atoms with Gasteiger partial charge in [-0.1, -0.05) is 35.3 Å². The Morgan fingerprint density at radius 1 is 1.11 bits per heavy atom. The molecule has 2 aromatic rings. The van der Waals surface area contributed by atoms with Gasteiger partial charge in [0.2, 0.25) is 0 Å². The summed E-state index contributed by atoms with van der Waals surface area (Å²) >= 11 is 11.9. The van der Waals surface area contributed by atoms with Crippen molar-refractivity contribution in [2.24, 2.45) is 5.73 Å². The predicted molar refractivity (Wildman–Crippen MR) is 75.9 cm³/mol. The molecule has 0 spiro atoms. The molecule has 6 heteroatoms. The molecule has 0 saturated carbocycles. The van der Waals surface area contributed by atoms with E-state index in [1.54, 1.807) is 30.3 Å². The number of nitrogens with two attached hydrogens (primary N) is 2. The molecule has 0 fully saturated rings. The topological polar surface area (TPSA) is 78.3 Å². The number of benzene rings is 2. The minimum absolute atomic E-state index is 0.166. The molecule has 2 rings (SSSR count). The van der Waals surface area contributed by atoms with Gasteiger partial charge in [0.15, 0.2) is 5.75 Å². The van der Waals surface area contributed by atoms with Crippen molar-refractivity contribution in [1.29, 1.82) is 0 Å². The normalized spacial score (nSPS) is 10.2. The summed E-state index contributed by atoms with van der Waals surface area (Å²) in [6, 6.07) is 9.65. The SMILES string of the molecule is NC(=O)c1cccc(N)c1Oc1cccc(Cl)c1Cl. The summed E-state index contributed by atoms with van der Waals surface area (Å²) in [6.45, 7) is 0. The summed E-state index contributed by atoms with van der Waals surface area (Å²) in [4.78, 5) is 11.3. The van der Waals surface area contributed by atoms with Gasteiger partial charge in [-0.15, -0.1) is 0 Å². The Morgan fingerprint density at radius 2 is 1.79 bits per heavy atom. The van der Waals surface area contributed by atoms with Crippen LogP contribution in [0.25, 0.3) is 0 Å². The molecule has 0 heterocycles. The Hall–Kier alpha value is -1.91. The van der Waals surface area contributed by atoms with Crippen LogP contribution >= 0.6 is 23.2 Å². The molecule has 0 aliphatic carbocycles. The fraction of sp³-hybridized carbons (Fsp3) is 0. The van der Waals surface area contributed by atoms with Crippen LogP contribution in [-0.2, 0) is 0 Å². The fourth-order valence-electron chi connectivity index (χ4n) is 1.54. The first-order chi connectivity index (χ1) is 9.00. The van der Waals surface area contributed by atoms with Gasteiger partial charge in [0.1, 0.15) is 10.8 Å². The van der Waals surface area contributed by atoms with E-state index < -0.39 is 5.91 Å². The summed E-state index contributed by atoms with van der Waals surface area (Å²) in [6.07, 6.45) is 0. The number of amides is 1. The predicted octanol–water partition coefficient (Wildman–Crippen LogP) is 3.47. The number of carbonyl (C=O) groups is 1. The maximum atomic E-state index is 11.3. The first kappa shape index (κ1) is 13.5. The third-order valence-electron chi connectivity index (χ3n) is 2.44. The molecular weight excluding hydrogens is 287 g/mol. The van der Waals surface area contributed by atoms with Crippen LogP contribution in [0.3, 0.4) is 0 Å². The van der Waals surface area contributed by atoms with E-state index in [1.165, 1.54) is 6.07 Å². The van der Waals surface area contributed by atoms with Crippen LogP contribution in [-0.4, -0.2) is 5.91 Å². The molecule has 0 radical (unpaired) electrons. The molecule has 0 aliphatic heterocycles. The molecule has 0 saturated heterocycles. The number of halogens is 2. The zero-order valence-corrected chi connectivity index (χ0v) is 11.2. The van der Waals surface area contributed by atoms with E-state index in [-0.39, 0.29) is 22.0 Å². The lowest BCUT2D eigenvalue weighted by molar-refractivity contribution is 0.0998. The van der Waals surface area contributed by atoms with Crippen molar-refractivity contribution >= 4 is 34.8 Å². The number of nitrogen functional groups attached to an aromatic ring is 1. The van der Waals surface area contributed by atoms with Gasteiger partial charge in [-0.25, -0.2) is 0 Å². The summed E-state index contributed by atoms with van der Waals surface area (Å²) in [5, 5.41) is 0.581. The highest BCUT2D eigenvalue weighted by molar-refractivity contribution is 6.42. The number of hydrogen-bond acceptors (Lipinski definition) is 3. The Labute approximate surface area is 119 Å². The minimum Gasteiger partial charge on any atom is -0.453 e. The van der Waals surface area contributed by atoms with Gasteiger partial charge in [-0.3, -0.25) is 4.79 Å². The van der Waals surface area contributed by atoms with Crippen LogP contribution in [0.4, 0.5) is 5.69 Å². The highest BCUT2D eigenvalue weighted by Crippen LogP contribution is 2.37. The van der Waals surface area contributed by atoms with E-state index in [4.69, 9.17) is 39.4 Å². The van der Waals surface area contributed by atoms with Gasteiger partial charge in [0.25, 0.3) is 5.91 Å². The number of anilines is 1. The summed E-state index contributed by atoms with van der Waals surface area (Å²) in [5.41, 5.74) is 11.5. The smallest absolute Gasteiger partial charge is 0.252 e. The van der Waals surface area contributed by atoms with Crippen molar-refractivity contribution < 1.29 is 9.53 Å². The average molecular weight is 297 g/mol. The molecular formula is C13H10Cl2N2O2. The van der Waals surface area contributed by atoms with E-state index >= 15 is 0 Å². The Balaban J connectivity index is 2.49. The first-order valence-corrected chi connectivity index (χ1v) is 6.06. The molecule has 0 aliphatic rings. The molecule has 0 unspecified atom stereocenters. The van der Waals surface area contributed by atoms with Gasteiger partial charge >= 0.3 is 0 Å².